The van der Waals surface area contributed by atoms with Gasteiger partial charge in [0, 0.05) is 6.04 Å². The minimum Gasteiger partial charge on any atom is -0.392 e. The Balaban J connectivity index is 1.62. The first-order valence-corrected chi connectivity index (χ1v) is 5.95. The molecule has 80 valence electrons. The molecule has 2 unspecified atom stereocenters. The van der Waals surface area contributed by atoms with Gasteiger partial charge >= 0.3 is 0 Å². The zero-order valence-corrected chi connectivity index (χ0v) is 8.84. The lowest BCUT2D eigenvalue weighted by Crippen LogP contribution is -2.36. The van der Waals surface area contributed by atoms with Crippen LogP contribution in [-0.2, 0) is 0 Å². The molecule has 1 saturated carbocycles. The van der Waals surface area contributed by atoms with Gasteiger partial charge < -0.3 is 10.4 Å². The van der Waals surface area contributed by atoms with Crippen molar-refractivity contribution >= 4 is 0 Å². The van der Waals surface area contributed by atoms with E-state index < -0.39 is 0 Å². The largest absolute Gasteiger partial charge is 0.392 e. The molecule has 14 heavy (non-hydrogen) atoms. The van der Waals surface area contributed by atoms with Crippen LogP contribution < -0.4 is 5.32 Å². The lowest BCUT2D eigenvalue weighted by Gasteiger charge is -2.16. The van der Waals surface area contributed by atoms with E-state index in [1.54, 1.807) is 5.57 Å². The van der Waals surface area contributed by atoms with Gasteiger partial charge in [-0.25, -0.2) is 0 Å². The maximum absolute atomic E-state index is 9.60. The Labute approximate surface area is 86.4 Å². The molecule has 2 aliphatic rings. The molecular formula is C12H21NO. The average Bonchev–Trinajstić information content (AvgIpc) is 2.78. The van der Waals surface area contributed by atoms with E-state index in [4.69, 9.17) is 0 Å². The second-order valence-electron chi connectivity index (χ2n) is 4.56. The van der Waals surface area contributed by atoms with Crippen molar-refractivity contribution in [3.8, 4) is 0 Å². The molecule has 2 nitrogen and oxygen atoms in total. The molecule has 0 aromatic carbocycles. The van der Waals surface area contributed by atoms with Gasteiger partial charge in [-0.1, -0.05) is 11.6 Å². The molecule has 2 atom stereocenters. The summed E-state index contributed by atoms with van der Waals surface area (Å²) in [5.74, 6) is 0. The molecule has 0 bridgehead atoms. The number of hydrogen-bond donors (Lipinski definition) is 2. The lowest BCUT2D eigenvalue weighted by atomic mass is 10.1. The van der Waals surface area contributed by atoms with Gasteiger partial charge in [0.05, 0.1) is 6.10 Å². The molecule has 0 aromatic heterocycles. The van der Waals surface area contributed by atoms with Crippen LogP contribution in [0, 0.1) is 0 Å². The molecule has 2 heteroatoms. The van der Waals surface area contributed by atoms with Crippen LogP contribution in [0.15, 0.2) is 11.6 Å². The smallest absolute Gasteiger partial charge is 0.0693 e. The average molecular weight is 195 g/mol. The first-order valence-electron chi connectivity index (χ1n) is 5.95. The highest BCUT2D eigenvalue weighted by Gasteiger charge is 2.24. The second-order valence-corrected chi connectivity index (χ2v) is 4.56. The van der Waals surface area contributed by atoms with Gasteiger partial charge in [0.25, 0.3) is 0 Å². The molecule has 0 heterocycles. The van der Waals surface area contributed by atoms with E-state index in [9.17, 15) is 5.11 Å². The fraction of sp³-hybridized carbons (Fsp3) is 0.833. The second kappa shape index (κ2) is 4.94. The maximum atomic E-state index is 9.60. The Hall–Kier alpha value is -0.340. The zero-order valence-electron chi connectivity index (χ0n) is 8.84. The molecule has 2 rings (SSSR count). The van der Waals surface area contributed by atoms with E-state index in [0.717, 1.165) is 19.4 Å². The van der Waals surface area contributed by atoms with Crippen molar-refractivity contribution in [3.05, 3.63) is 11.6 Å². The molecule has 0 aliphatic heterocycles. The summed E-state index contributed by atoms with van der Waals surface area (Å²) < 4.78 is 0. The molecular weight excluding hydrogens is 174 g/mol. The quantitative estimate of drug-likeness (QED) is 0.672. The van der Waals surface area contributed by atoms with Crippen molar-refractivity contribution in [3.63, 3.8) is 0 Å². The van der Waals surface area contributed by atoms with Crippen LogP contribution in [0.25, 0.3) is 0 Å². The highest BCUT2D eigenvalue weighted by molar-refractivity contribution is 5.07. The molecule has 0 spiro atoms. The van der Waals surface area contributed by atoms with Crippen LogP contribution in [0.2, 0.25) is 0 Å². The van der Waals surface area contributed by atoms with Gasteiger partial charge in [-0.05, 0) is 51.5 Å². The van der Waals surface area contributed by atoms with Crippen LogP contribution in [0.5, 0.6) is 0 Å². The standard InChI is InChI=1S/C12H21NO/c14-12-7-3-6-11(12)13-9-8-10-4-1-2-5-10/h4,11-14H,1-3,5-9H2. The predicted octanol–water partition coefficient (Wildman–Crippen LogP) is 1.99. The van der Waals surface area contributed by atoms with E-state index in [0.29, 0.717) is 6.04 Å². The molecule has 0 radical (unpaired) electrons. The van der Waals surface area contributed by atoms with Crippen molar-refractivity contribution in [1.82, 2.24) is 5.32 Å². The number of rotatable bonds is 4. The minimum atomic E-state index is -0.0902. The summed E-state index contributed by atoms with van der Waals surface area (Å²) in [5, 5.41) is 13.1. The van der Waals surface area contributed by atoms with Crippen LogP contribution in [-0.4, -0.2) is 23.8 Å². The Morgan fingerprint density at radius 3 is 2.93 bits per heavy atom. The summed E-state index contributed by atoms with van der Waals surface area (Å²) >= 11 is 0. The summed E-state index contributed by atoms with van der Waals surface area (Å²) in [6.07, 6.45) is 10.7. The van der Waals surface area contributed by atoms with Gasteiger partial charge in [0.1, 0.15) is 0 Å². The Morgan fingerprint density at radius 1 is 1.36 bits per heavy atom. The van der Waals surface area contributed by atoms with Crippen LogP contribution >= 0.6 is 0 Å². The summed E-state index contributed by atoms with van der Waals surface area (Å²) in [4.78, 5) is 0. The zero-order chi connectivity index (χ0) is 9.80. The van der Waals surface area contributed by atoms with Crippen molar-refractivity contribution in [2.45, 2.75) is 57.1 Å². The fourth-order valence-corrected chi connectivity index (χ4v) is 2.56. The Morgan fingerprint density at radius 2 is 2.29 bits per heavy atom. The number of hydrogen-bond acceptors (Lipinski definition) is 2. The van der Waals surface area contributed by atoms with E-state index in [1.165, 1.54) is 32.1 Å². The molecule has 2 aliphatic carbocycles. The molecule has 0 amide bonds. The fourth-order valence-electron chi connectivity index (χ4n) is 2.56. The SMILES string of the molecule is OC1CCCC1NCCC1=CCCC1. The number of aliphatic hydroxyl groups is 1. The van der Waals surface area contributed by atoms with Gasteiger partial charge in [0.15, 0.2) is 0 Å². The minimum absolute atomic E-state index is 0.0902. The van der Waals surface area contributed by atoms with Crippen LogP contribution in [0.4, 0.5) is 0 Å². The molecule has 1 fully saturated rings. The monoisotopic (exact) mass is 195 g/mol. The molecule has 2 N–H and O–H groups in total. The Kier molecular flexibility index (Phi) is 3.60. The summed E-state index contributed by atoms with van der Waals surface area (Å²) in [7, 11) is 0. The van der Waals surface area contributed by atoms with E-state index >= 15 is 0 Å². The van der Waals surface area contributed by atoms with Crippen molar-refractivity contribution in [2.75, 3.05) is 6.54 Å². The third-order valence-corrected chi connectivity index (χ3v) is 3.47. The van der Waals surface area contributed by atoms with Gasteiger partial charge in [-0.2, -0.15) is 0 Å². The topological polar surface area (TPSA) is 32.3 Å². The number of aliphatic hydroxyl groups excluding tert-OH is 1. The van der Waals surface area contributed by atoms with Gasteiger partial charge in [-0.3, -0.25) is 0 Å². The number of nitrogens with one attached hydrogen (secondary N) is 1. The van der Waals surface area contributed by atoms with Gasteiger partial charge in [0.2, 0.25) is 0 Å². The number of allylic oxidation sites excluding steroid dienone is 1. The van der Waals surface area contributed by atoms with E-state index in [1.807, 2.05) is 0 Å². The predicted molar refractivity (Wildman–Crippen MR) is 58.2 cm³/mol. The summed E-state index contributed by atoms with van der Waals surface area (Å²) in [6, 6.07) is 0.372. The highest BCUT2D eigenvalue weighted by Crippen LogP contribution is 2.21. The van der Waals surface area contributed by atoms with Crippen molar-refractivity contribution < 1.29 is 5.11 Å². The van der Waals surface area contributed by atoms with Crippen molar-refractivity contribution in [1.29, 1.82) is 0 Å². The summed E-state index contributed by atoms with van der Waals surface area (Å²) in [6.45, 7) is 1.05. The van der Waals surface area contributed by atoms with E-state index in [-0.39, 0.29) is 6.10 Å². The molecule has 0 saturated heterocycles. The normalized spacial score (nSPS) is 32.2. The van der Waals surface area contributed by atoms with Crippen LogP contribution in [0.1, 0.15) is 44.9 Å². The first-order chi connectivity index (χ1) is 6.86. The maximum Gasteiger partial charge on any atom is 0.0693 e. The first kappa shape index (κ1) is 10.2. The van der Waals surface area contributed by atoms with E-state index in [2.05, 4.69) is 11.4 Å². The summed E-state index contributed by atoms with van der Waals surface area (Å²) in [5.41, 5.74) is 1.62. The third-order valence-electron chi connectivity index (χ3n) is 3.47. The Bertz CT molecular complexity index is 212. The third kappa shape index (κ3) is 2.58. The van der Waals surface area contributed by atoms with Crippen molar-refractivity contribution in [2.24, 2.45) is 0 Å². The van der Waals surface area contributed by atoms with Gasteiger partial charge in [-0.15, -0.1) is 0 Å². The lowest BCUT2D eigenvalue weighted by molar-refractivity contribution is 0.149. The highest BCUT2D eigenvalue weighted by atomic mass is 16.3. The molecule has 0 aromatic rings. The van der Waals surface area contributed by atoms with Crippen LogP contribution in [0.3, 0.4) is 0 Å².